The van der Waals surface area contributed by atoms with Crippen molar-refractivity contribution in [3.05, 3.63) is 55.4 Å². The number of nitrogens with zero attached hydrogens (tertiary/aromatic N) is 2. The first-order valence-corrected chi connectivity index (χ1v) is 9.77. The van der Waals surface area contributed by atoms with E-state index in [4.69, 9.17) is 23.2 Å². The third-order valence-corrected chi connectivity index (χ3v) is 6.43. The van der Waals surface area contributed by atoms with Gasteiger partial charge in [0.2, 0.25) is 5.91 Å². The third-order valence-electron chi connectivity index (χ3n) is 3.59. The standard InChI is InChI=1S/C16H13Cl2N3O2S2/c1-8-9(2)25-15-14(8)16(23)21(7-19-15)20-13(22)6-24-12-5-10(17)3-4-11(12)18/h3-5,7H,6H2,1-2H3,(H,20,22). The number of carbonyl (C=O) groups is 1. The molecule has 3 aromatic rings. The Morgan fingerprint density at radius 2 is 2.12 bits per heavy atom. The molecule has 1 N–H and O–H groups in total. The molecule has 0 aliphatic heterocycles. The maximum atomic E-state index is 12.5. The highest BCUT2D eigenvalue weighted by molar-refractivity contribution is 8.00. The van der Waals surface area contributed by atoms with E-state index in [1.54, 1.807) is 18.2 Å². The normalized spacial score (nSPS) is 11.0. The van der Waals surface area contributed by atoms with Crippen molar-refractivity contribution in [3.8, 4) is 0 Å². The number of amides is 1. The second-order valence-corrected chi connectivity index (χ2v) is 8.35. The highest BCUT2D eigenvalue weighted by atomic mass is 35.5. The van der Waals surface area contributed by atoms with Crippen molar-refractivity contribution in [3.63, 3.8) is 0 Å². The van der Waals surface area contributed by atoms with Crippen LogP contribution in [0.2, 0.25) is 10.0 Å². The fourth-order valence-electron chi connectivity index (χ4n) is 2.21. The molecule has 1 amide bonds. The summed E-state index contributed by atoms with van der Waals surface area (Å²) >= 11 is 14.7. The number of benzene rings is 1. The van der Waals surface area contributed by atoms with Gasteiger partial charge in [0.1, 0.15) is 11.2 Å². The van der Waals surface area contributed by atoms with Crippen LogP contribution in [0.1, 0.15) is 10.4 Å². The van der Waals surface area contributed by atoms with Gasteiger partial charge in [0.25, 0.3) is 5.56 Å². The van der Waals surface area contributed by atoms with Crippen LogP contribution in [0.5, 0.6) is 0 Å². The summed E-state index contributed by atoms with van der Waals surface area (Å²) in [6.45, 7) is 3.82. The summed E-state index contributed by atoms with van der Waals surface area (Å²) in [5.41, 5.74) is 3.16. The Bertz CT molecular complexity index is 1030. The molecule has 0 saturated carbocycles. The van der Waals surface area contributed by atoms with Crippen LogP contribution in [0.3, 0.4) is 0 Å². The first kappa shape index (κ1) is 18.3. The van der Waals surface area contributed by atoms with Crippen LogP contribution in [0.4, 0.5) is 0 Å². The number of rotatable bonds is 4. The van der Waals surface area contributed by atoms with Crippen molar-refractivity contribution in [2.75, 3.05) is 11.2 Å². The van der Waals surface area contributed by atoms with Gasteiger partial charge in [-0.25, -0.2) is 9.66 Å². The Kier molecular flexibility index (Phi) is 5.38. The van der Waals surface area contributed by atoms with Crippen LogP contribution in [-0.2, 0) is 4.79 Å². The average Bonchev–Trinajstić information content (AvgIpc) is 2.86. The van der Waals surface area contributed by atoms with Gasteiger partial charge in [0.15, 0.2) is 0 Å². The molecular weight excluding hydrogens is 401 g/mol. The molecule has 0 atom stereocenters. The van der Waals surface area contributed by atoms with E-state index < -0.39 is 0 Å². The molecule has 1 aromatic carbocycles. The molecule has 2 heterocycles. The quantitative estimate of drug-likeness (QED) is 0.649. The summed E-state index contributed by atoms with van der Waals surface area (Å²) in [6, 6.07) is 5.05. The van der Waals surface area contributed by atoms with Crippen molar-refractivity contribution >= 4 is 62.4 Å². The molecule has 3 rings (SSSR count). The van der Waals surface area contributed by atoms with E-state index in [1.165, 1.54) is 29.4 Å². The summed E-state index contributed by atoms with van der Waals surface area (Å²) in [7, 11) is 0. The molecule has 0 aliphatic rings. The highest BCUT2D eigenvalue weighted by Gasteiger charge is 2.14. The molecule has 0 unspecified atom stereocenters. The number of fused-ring (bicyclic) bond motifs is 1. The van der Waals surface area contributed by atoms with Gasteiger partial charge in [-0.3, -0.25) is 15.0 Å². The van der Waals surface area contributed by atoms with E-state index in [-0.39, 0.29) is 17.2 Å². The van der Waals surface area contributed by atoms with Gasteiger partial charge in [0.05, 0.1) is 16.2 Å². The van der Waals surface area contributed by atoms with E-state index in [0.29, 0.717) is 25.2 Å². The van der Waals surface area contributed by atoms with Gasteiger partial charge in [-0.15, -0.1) is 23.1 Å². The van der Waals surface area contributed by atoms with Crippen LogP contribution in [0.15, 0.2) is 34.2 Å². The number of aromatic nitrogens is 2. The maximum Gasteiger partial charge on any atom is 0.281 e. The predicted molar refractivity (Wildman–Crippen MR) is 105 cm³/mol. The Morgan fingerprint density at radius 1 is 1.36 bits per heavy atom. The van der Waals surface area contributed by atoms with E-state index >= 15 is 0 Å². The number of nitrogens with one attached hydrogen (secondary N) is 1. The monoisotopic (exact) mass is 413 g/mol. The topological polar surface area (TPSA) is 64.0 Å². The van der Waals surface area contributed by atoms with Gasteiger partial charge in [0, 0.05) is 14.8 Å². The molecular formula is C16H13Cl2N3O2S2. The lowest BCUT2D eigenvalue weighted by molar-refractivity contribution is -0.114. The van der Waals surface area contributed by atoms with Crippen LogP contribution in [-0.4, -0.2) is 21.3 Å². The van der Waals surface area contributed by atoms with Gasteiger partial charge in [-0.1, -0.05) is 23.2 Å². The third kappa shape index (κ3) is 3.84. The summed E-state index contributed by atoms with van der Waals surface area (Å²) in [4.78, 5) is 31.4. The molecule has 130 valence electrons. The molecule has 0 fully saturated rings. The Labute approximate surface area is 161 Å². The lowest BCUT2D eigenvalue weighted by Crippen LogP contribution is -2.34. The summed E-state index contributed by atoms with van der Waals surface area (Å²) in [5.74, 6) is -0.250. The van der Waals surface area contributed by atoms with Crippen LogP contribution in [0, 0.1) is 13.8 Å². The number of hydrogen-bond acceptors (Lipinski definition) is 5. The number of halogens is 2. The van der Waals surface area contributed by atoms with Crippen molar-refractivity contribution in [2.24, 2.45) is 0 Å². The van der Waals surface area contributed by atoms with Gasteiger partial charge >= 0.3 is 0 Å². The SMILES string of the molecule is Cc1sc2ncn(NC(=O)CSc3cc(Cl)ccc3Cl)c(=O)c2c1C. The Hall–Kier alpha value is -1.54. The molecule has 0 spiro atoms. The van der Waals surface area contributed by atoms with Gasteiger partial charge < -0.3 is 0 Å². The second kappa shape index (κ2) is 7.37. The molecule has 0 bridgehead atoms. The molecule has 9 heteroatoms. The smallest absolute Gasteiger partial charge is 0.272 e. The second-order valence-electron chi connectivity index (χ2n) is 5.28. The van der Waals surface area contributed by atoms with E-state index in [2.05, 4.69) is 10.4 Å². The predicted octanol–water partition coefficient (Wildman–Crippen LogP) is 4.24. The number of thiophene rings is 1. The van der Waals surface area contributed by atoms with Crippen molar-refractivity contribution < 1.29 is 4.79 Å². The minimum atomic E-state index is -0.339. The van der Waals surface area contributed by atoms with Crippen LogP contribution < -0.4 is 11.0 Å². The number of aryl methyl sites for hydroxylation is 2. The molecule has 0 radical (unpaired) electrons. The number of thioether (sulfide) groups is 1. The zero-order valence-corrected chi connectivity index (χ0v) is 16.4. The average molecular weight is 414 g/mol. The lowest BCUT2D eigenvalue weighted by atomic mass is 10.2. The number of carbonyl (C=O) groups excluding carboxylic acids is 1. The molecule has 0 aliphatic carbocycles. The molecule has 25 heavy (non-hydrogen) atoms. The number of hydrogen-bond donors (Lipinski definition) is 1. The zero-order chi connectivity index (χ0) is 18.1. The Morgan fingerprint density at radius 3 is 2.88 bits per heavy atom. The van der Waals surface area contributed by atoms with E-state index in [0.717, 1.165) is 15.1 Å². The largest absolute Gasteiger partial charge is 0.281 e. The fraction of sp³-hybridized carbons (Fsp3) is 0.188. The van der Waals surface area contributed by atoms with Crippen molar-refractivity contribution in [1.82, 2.24) is 9.66 Å². The van der Waals surface area contributed by atoms with Gasteiger partial charge in [-0.2, -0.15) is 0 Å². The first-order valence-electron chi connectivity index (χ1n) is 7.22. The van der Waals surface area contributed by atoms with Crippen molar-refractivity contribution in [2.45, 2.75) is 18.7 Å². The maximum absolute atomic E-state index is 12.5. The summed E-state index contributed by atoms with van der Waals surface area (Å²) in [5, 5.41) is 1.60. The summed E-state index contributed by atoms with van der Waals surface area (Å²) < 4.78 is 1.12. The Balaban J connectivity index is 1.76. The molecule has 0 saturated heterocycles. The van der Waals surface area contributed by atoms with E-state index in [9.17, 15) is 9.59 Å². The van der Waals surface area contributed by atoms with Gasteiger partial charge in [-0.05, 0) is 37.6 Å². The lowest BCUT2D eigenvalue weighted by Gasteiger charge is -2.08. The minimum absolute atomic E-state index is 0.0895. The van der Waals surface area contributed by atoms with Crippen LogP contribution >= 0.6 is 46.3 Å². The highest BCUT2D eigenvalue weighted by Crippen LogP contribution is 2.29. The summed E-state index contributed by atoms with van der Waals surface area (Å²) in [6.07, 6.45) is 1.33. The molecule has 2 aromatic heterocycles. The fourth-order valence-corrected chi connectivity index (χ4v) is 4.49. The molecule has 5 nitrogen and oxygen atoms in total. The van der Waals surface area contributed by atoms with Crippen LogP contribution in [0.25, 0.3) is 10.2 Å². The first-order chi connectivity index (χ1) is 11.9. The zero-order valence-electron chi connectivity index (χ0n) is 13.3. The van der Waals surface area contributed by atoms with E-state index in [1.807, 2.05) is 13.8 Å². The minimum Gasteiger partial charge on any atom is -0.272 e. The van der Waals surface area contributed by atoms with Crippen molar-refractivity contribution in [1.29, 1.82) is 0 Å².